The van der Waals surface area contributed by atoms with Crippen LogP contribution in [0.1, 0.15) is 26.7 Å². The van der Waals surface area contributed by atoms with Crippen LogP contribution in [0.3, 0.4) is 0 Å². The van der Waals surface area contributed by atoms with E-state index < -0.39 is 28.1 Å². The van der Waals surface area contributed by atoms with Gasteiger partial charge in [0.15, 0.2) is 0 Å². The highest BCUT2D eigenvalue weighted by molar-refractivity contribution is 7.89. The number of nitrogens with one attached hydrogen (secondary N) is 1. The summed E-state index contributed by atoms with van der Waals surface area (Å²) in [4.78, 5) is 10.6. The van der Waals surface area contributed by atoms with E-state index in [1.54, 1.807) is 0 Å². The standard InChI is InChI=1S/C8H17NO5S/c1-3-4-5-15(13,14)9-7(6(2)10)8(11)12/h6-7,9-10H,3-5H2,1-2H3,(H,11,12)/t6-,7-/m1/s1. The van der Waals surface area contributed by atoms with Gasteiger partial charge in [0.25, 0.3) is 0 Å². The van der Waals surface area contributed by atoms with Crippen LogP contribution in [0.4, 0.5) is 0 Å². The molecule has 15 heavy (non-hydrogen) atoms. The van der Waals surface area contributed by atoms with Crippen LogP contribution < -0.4 is 4.72 Å². The van der Waals surface area contributed by atoms with Crippen LogP contribution in [0, 0.1) is 0 Å². The number of carboxylic acid groups (broad SMARTS) is 1. The minimum atomic E-state index is -3.62. The SMILES string of the molecule is CCCCS(=O)(=O)N[C@@H](C(=O)O)[C@@H](C)O. The summed E-state index contributed by atoms with van der Waals surface area (Å²) in [7, 11) is -3.62. The van der Waals surface area contributed by atoms with E-state index in [9.17, 15) is 13.2 Å². The van der Waals surface area contributed by atoms with Gasteiger partial charge in [-0.15, -0.1) is 0 Å². The molecule has 0 saturated carbocycles. The third kappa shape index (κ3) is 5.71. The Kier molecular flexibility index (Phi) is 5.77. The van der Waals surface area contributed by atoms with Crippen LogP contribution in [-0.4, -0.2) is 42.5 Å². The zero-order valence-electron chi connectivity index (χ0n) is 8.80. The first kappa shape index (κ1) is 14.3. The number of aliphatic hydroxyl groups is 1. The summed E-state index contributed by atoms with van der Waals surface area (Å²) >= 11 is 0. The van der Waals surface area contributed by atoms with Crippen molar-refractivity contribution in [2.75, 3.05) is 5.75 Å². The zero-order chi connectivity index (χ0) is 12.1. The lowest BCUT2D eigenvalue weighted by Crippen LogP contribution is -2.48. The first-order valence-corrected chi connectivity index (χ1v) is 6.36. The van der Waals surface area contributed by atoms with E-state index in [1.165, 1.54) is 6.92 Å². The second kappa shape index (κ2) is 6.04. The van der Waals surface area contributed by atoms with Crippen LogP contribution >= 0.6 is 0 Å². The van der Waals surface area contributed by atoms with Gasteiger partial charge in [0, 0.05) is 0 Å². The number of rotatable bonds is 7. The van der Waals surface area contributed by atoms with Gasteiger partial charge in [-0.2, -0.15) is 4.72 Å². The molecule has 0 aromatic rings. The molecule has 0 amide bonds. The van der Waals surface area contributed by atoms with Gasteiger partial charge in [-0.25, -0.2) is 8.42 Å². The maximum atomic E-state index is 11.3. The molecule has 0 rings (SSSR count). The van der Waals surface area contributed by atoms with E-state index in [2.05, 4.69) is 0 Å². The fourth-order valence-electron chi connectivity index (χ4n) is 0.942. The lowest BCUT2D eigenvalue weighted by molar-refractivity contribution is -0.141. The average Bonchev–Trinajstić information content (AvgIpc) is 2.10. The molecule has 0 unspecified atom stereocenters. The molecule has 0 spiro atoms. The molecule has 0 aliphatic carbocycles. The molecular formula is C8H17NO5S. The Morgan fingerprint density at radius 1 is 1.47 bits per heavy atom. The molecule has 90 valence electrons. The van der Waals surface area contributed by atoms with Gasteiger partial charge in [-0.1, -0.05) is 13.3 Å². The predicted octanol–water partition coefficient (Wildman–Crippen LogP) is -0.460. The lowest BCUT2D eigenvalue weighted by Gasteiger charge is -2.16. The van der Waals surface area contributed by atoms with Crippen molar-refractivity contribution in [1.29, 1.82) is 0 Å². The second-order valence-corrected chi connectivity index (χ2v) is 5.22. The second-order valence-electron chi connectivity index (χ2n) is 3.35. The molecule has 0 aliphatic rings. The fourth-order valence-corrected chi connectivity index (χ4v) is 2.41. The Morgan fingerprint density at radius 3 is 2.33 bits per heavy atom. The van der Waals surface area contributed by atoms with Crippen molar-refractivity contribution in [3.05, 3.63) is 0 Å². The Hall–Kier alpha value is -0.660. The van der Waals surface area contributed by atoms with Crippen molar-refractivity contribution >= 4 is 16.0 Å². The summed E-state index contributed by atoms with van der Waals surface area (Å²) in [5.74, 6) is -1.51. The number of sulfonamides is 1. The zero-order valence-corrected chi connectivity index (χ0v) is 9.62. The van der Waals surface area contributed by atoms with Gasteiger partial charge >= 0.3 is 5.97 Å². The first-order valence-electron chi connectivity index (χ1n) is 4.71. The quantitative estimate of drug-likeness (QED) is 0.557. The molecule has 6 nitrogen and oxygen atoms in total. The Labute approximate surface area is 89.4 Å². The molecule has 0 fully saturated rings. The van der Waals surface area contributed by atoms with Crippen molar-refractivity contribution < 1.29 is 23.4 Å². The van der Waals surface area contributed by atoms with Crippen molar-refractivity contribution in [2.24, 2.45) is 0 Å². The molecule has 0 radical (unpaired) electrons. The van der Waals surface area contributed by atoms with Crippen LogP contribution in [0.15, 0.2) is 0 Å². The average molecular weight is 239 g/mol. The maximum absolute atomic E-state index is 11.3. The molecule has 0 heterocycles. The van der Waals surface area contributed by atoms with Gasteiger partial charge < -0.3 is 10.2 Å². The van der Waals surface area contributed by atoms with Crippen molar-refractivity contribution in [3.8, 4) is 0 Å². The fraction of sp³-hybridized carbons (Fsp3) is 0.875. The Balaban J connectivity index is 4.46. The summed E-state index contributed by atoms with van der Waals surface area (Å²) < 4.78 is 24.6. The van der Waals surface area contributed by atoms with E-state index >= 15 is 0 Å². The predicted molar refractivity (Wildman–Crippen MR) is 54.9 cm³/mol. The van der Waals surface area contributed by atoms with Gasteiger partial charge in [0.05, 0.1) is 11.9 Å². The molecule has 0 aliphatic heterocycles. The van der Waals surface area contributed by atoms with Crippen molar-refractivity contribution in [3.63, 3.8) is 0 Å². The smallest absolute Gasteiger partial charge is 0.324 e. The minimum absolute atomic E-state index is 0.125. The minimum Gasteiger partial charge on any atom is -0.480 e. The number of aliphatic hydroxyl groups excluding tert-OH is 1. The maximum Gasteiger partial charge on any atom is 0.324 e. The van der Waals surface area contributed by atoms with Crippen molar-refractivity contribution in [2.45, 2.75) is 38.8 Å². The number of unbranched alkanes of at least 4 members (excludes halogenated alkanes) is 1. The lowest BCUT2D eigenvalue weighted by atomic mass is 10.2. The van der Waals surface area contributed by atoms with E-state index in [1.807, 2.05) is 11.6 Å². The van der Waals surface area contributed by atoms with E-state index in [4.69, 9.17) is 10.2 Å². The largest absolute Gasteiger partial charge is 0.480 e. The number of hydrogen-bond donors (Lipinski definition) is 3. The summed E-state index contributed by atoms with van der Waals surface area (Å²) in [6.07, 6.45) is -0.103. The first-order chi connectivity index (χ1) is 6.80. The molecule has 7 heteroatoms. The van der Waals surface area contributed by atoms with Gasteiger partial charge in [0.1, 0.15) is 6.04 Å². The van der Waals surface area contributed by atoms with Gasteiger partial charge in [0.2, 0.25) is 10.0 Å². The molecular weight excluding hydrogens is 222 g/mol. The molecule has 3 N–H and O–H groups in total. The Bertz CT molecular complexity index is 298. The van der Waals surface area contributed by atoms with E-state index in [0.717, 1.165) is 0 Å². The number of carboxylic acids is 1. The third-order valence-corrected chi connectivity index (χ3v) is 3.26. The highest BCUT2D eigenvalue weighted by atomic mass is 32.2. The van der Waals surface area contributed by atoms with Crippen LogP contribution in [0.25, 0.3) is 0 Å². The molecule has 0 saturated heterocycles. The third-order valence-electron chi connectivity index (χ3n) is 1.82. The highest BCUT2D eigenvalue weighted by Gasteiger charge is 2.27. The normalized spacial score (nSPS) is 15.9. The van der Waals surface area contributed by atoms with Gasteiger partial charge in [-0.05, 0) is 13.3 Å². The topological polar surface area (TPSA) is 104 Å². The summed E-state index contributed by atoms with van der Waals surface area (Å²) in [5.41, 5.74) is 0. The summed E-state index contributed by atoms with van der Waals surface area (Å²) in [6.45, 7) is 3.06. The van der Waals surface area contributed by atoms with Crippen molar-refractivity contribution in [1.82, 2.24) is 4.72 Å². The number of aliphatic carboxylic acids is 1. The monoisotopic (exact) mass is 239 g/mol. The highest BCUT2D eigenvalue weighted by Crippen LogP contribution is 1.99. The summed E-state index contributed by atoms with van der Waals surface area (Å²) in [5, 5.41) is 17.7. The Morgan fingerprint density at radius 2 is 2.00 bits per heavy atom. The molecule has 0 bridgehead atoms. The van der Waals surface area contributed by atoms with Crippen LogP contribution in [0.5, 0.6) is 0 Å². The molecule has 0 aromatic carbocycles. The molecule has 2 atom stereocenters. The van der Waals surface area contributed by atoms with Gasteiger partial charge in [-0.3, -0.25) is 4.79 Å². The summed E-state index contributed by atoms with van der Waals surface area (Å²) in [6, 6.07) is -1.48. The van der Waals surface area contributed by atoms with Crippen LogP contribution in [-0.2, 0) is 14.8 Å². The van der Waals surface area contributed by atoms with E-state index in [-0.39, 0.29) is 5.75 Å². The number of hydrogen-bond acceptors (Lipinski definition) is 4. The number of carbonyl (C=O) groups is 1. The van der Waals surface area contributed by atoms with E-state index in [0.29, 0.717) is 12.8 Å². The molecule has 0 aromatic heterocycles. The van der Waals surface area contributed by atoms with Crippen LogP contribution in [0.2, 0.25) is 0 Å².